The van der Waals surface area contributed by atoms with Crippen LogP contribution in [0.4, 0.5) is 8.78 Å². The van der Waals surface area contributed by atoms with Gasteiger partial charge in [0.15, 0.2) is 0 Å². The molecule has 20 heavy (non-hydrogen) atoms. The summed E-state index contributed by atoms with van der Waals surface area (Å²) in [5, 5.41) is 10.7. The van der Waals surface area contributed by atoms with E-state index in [1.165, 1.54) is 0 Å². The molecule has 1 atom stereocenters. The number of benzene rings is 1. The van der Waals surface area contributed by atoms with Crippen LogP contribution in [0.1, 0.15) is 30.0 Å². The van der Waals surface area contributed by atoms with Gasteiger partial charge in [0.25, 0.3) is 5.92 Å². The van der Waals surface area contributed by atoms with Crippen molar-refractivity contribution in [1.82, 2.24) is 5.32 Å². The molecule has 0 saturated carbocycles. The van der Waals surface area contributed by atoms with Gasteiger partial charge in [-0.2, -0.15) is 0 Å². The molecule has 0 radical (unpaired) electrons. The summed E-state index contributed by atoms with van der Waals surface area (Å²) in [4.78, 5) is 21.9. The lowest BCUT2D eigenvalue weighted by Crippen LogP contribution is -2.38. The Morgan fingerprint density at radius 3 is 2.75 bits per heavy atom. The van der Waals surface area contributed by atoms with Gasteiger partial charge in [0.2, 0.25) is 5.91 Å². The molecule has 0 heterocycles. The van der Waals surface area contributed by atoms with Crippen molar-refractivity contribution in [1.29, 1.82) is 0 Å². The Bertz CT molecular complexity index is 563. The monoisotopic (exact) mass is 347 g/mol. The van der Waals surface area contributed by atoms with Crippen molar-refractivity contribution >= 4 is 27.8 Å². The zero-order valence-electron chi connectivity index (χ0n) is 10.3. The van der Waals surface area contributed by atoms with E-state index in [0.29, 0.717) is 15.6 Å². The van der Waals surface area contributed by atoms with E-state index < -0.39 is 30.3 Å². The van der Waals surface area contributed by atoms with Gasteiger partial charge in [0.05, 0.1) is 6.42 Å². The van der Waals surface area contributed by atoms with Gasteiger partial charge in [-0.3, -0.25) is 9.59 Å². The molecule has 0 saturated heterocycles. The van der Waals surface area contributed by atoms with Crippen molar-refractivity contribution in [2.24, 2.45) is 0 Å². The number of hydrogen-bond acceptors (Lipinski definition) is 2. The number of carboxylic acid groups (broad SMARTS) is 1. The SMILES string of the molecule is O=C(O)CCC(=O)NC1c2cccc(Br)c2CC1(F)F. The minimum Gasteiger partial charge on any atom is -0.481 e. The Labute approximate surface area is 122 Å². The number of rotatable bonds is 4. The molecule has 2 rings (SSSR count). The first-order valence-corrected chi connectivity index (χ1v) is 6.77. The average molecular weight is 348 g/mol. The standard InChI is InChI=1S/C13H12BrF2NO3/c14-9-3-1-2-7-8(9)6-13(15,16)12(7)17-10(18)4-5-11(19)20/h1-3,12H,4-6H2,(H,17,18)(H,19,20). The van der Waals surface area contributed by atoms with Gasteiger partial charge in [-0.25, -0.2) is 8.78 Å². The second-order valence-corrected chi connectivity index (χ2v) is 5.49. The van der Waals surface area contributed by atoms with E-state index in [1.54, 1.807) is 18.2 Å². The number of carbonyl (C=O) groups is 2. The maximum atomic E-state index is 14.0. The number of carboxylic acids is 1. The lowest BCUT2D eigenvalue weighted by atomic mass is 10.1. The molecule has 0 spiro atoms. The second-order valence-electron chi connectivity index (χ2n) is 4.64. The summed E-state index contributed by atoms with van der Waals surface area (Å²) in [5.74, 6) is -4.91. The minimum atomic E-state index is -3.08. The van der Waals surface area contributed by atoms with Crippen molar-refractivity contribution in [3.05, 3.63) is 33.8 Å². The largest absolute Gasteiger partial charge is 0.481 e. The van der Waals surface area contributed by atoms with Gasteiger partial charge in [0.1, 0.15) is 6.04 Å². The predicted octanol–water partition coefficient (Wildman–Crippen LogP) is 2.66. The Balaban J connectivity index is 2.17. The molecule has 0 aliphatic heterocycles. The van der Waals surface area contributed by atoms with Gasteiger partial charge >= 0.3 is 5.97 Å². The summed E-state index contributed by atoms with van der Waals surface area (Å²) in [6.07, 6.45) is -1.14. The quantitative estimate of drug-likeness (QED) is 0.879. The fraction of sp³-hybridized carbons (Fsp3) is 0.385. The van der Waals surface area contributed by atoms with Crippen LogP contribution in [0.25, 0.3) is 0 Å². The fourth-order valence-electron chi connectivity index (χ4n) is 2.23. The third-order valence-electron chi connectivity index (χ3n) is 3.17. The Hall–Kier alpha value is -1.50. The number of nitrogens with one attached hydrogen (secondary N) is 1. The molecular formula is C13H12BrF2NO3. The predicted molar refractivity (Wildman–Crippen MR) is 70.5 cm³/mol. The van der Waals surface area contributed by atoms with Crippen LogP contribution in [-0.2, 0) is 16.0 Å². The number of aliphatic carboxylic acids is 1. The first-order valence-electron chi connectivity index (χ1n) is 5.97. The zero-order valence-corrected chi connectivity index (χ0v) is 11.9. The molecule has 108 valence electrons. The summed E-state index contributed by atoms with van der Waals surface area (Å²) in [7, 11) is 0. The Morgan fingerprint density at radius 2 is 2.10 bits per heavy atom. The van der Waals surface area contributed by atoms with Crippen LogP contribution in [0, 0.1) is 0 Å². The normalized spacial score (nSPS) is 19.4. The highest BCUT2D eigenvalue weighted by molar-refractivity contribution is 9.10. The van der Waals surface area contributed by atoms with Gasteiger partial charge in [-0.15, -0.1) is 0 Å². The molecule has 1 amide bonds. The summed E-state index contributed by atoms with van der Waals surface area (Å²) in [5.41, 5.74) is 0.842. The van der Waals surface area contributed by atoms with Crippen LogP contribution in [0.2, 0.25) is 0 Å². The highest BCUT2D eigenvalue weighted by Gasteiger charge is 2.48. The molecule has 4 nitrogen and oxygen atoms in total. The van der Waals surface area contributed by atoms with E-state index in [9.17, 15) is 18.4 Å². The third kappa shape index (κ3) is 2.98. The number of amides is 1. The first kappa shape index (κ1) is 14.9. The smallest absolute Gasteiger partial charge is 0.303 e. The summed E-state index contributed by atoms with van der Waals surface area (Å²) in [6, 6.07) is 3.43. The van der Waals surface area contributed by atoms with E-state index >= 15 is 0 Å². The van der Waals surface area contributed by atoms with E-state index in [-0.39, 0.29) is 12.8 Å². The topological polar surface area (TPSA) is 66.4 Å². The molecule has 1 aromatic rings. The molecule has 1 aliphatic carbocycles. The molecule has 2 N–H and O–H groups in total. The van der Waals surface area contributed by atoms with Crippen LogP contribution < -0.4 is 5.32 Å². The van der Waals surface area contributed by atoms with Crippen LogP contribution in [0.5, 0.6) is 0 Å². The molecule has 0 aromatic heterocycles. The average Bonchev–Trinajstić information content (AvgIpc) is 2.60. The van der Waals surface area contributed by atoms with Gasteiger partial charge in [-0.1, -0.05) is 28.1 Å². The van der Waals surface area contributed by atoms with Crippen LogP contribution in [-0.4, -0.2) is 22.9 Å². The lowest BCUT2D eigenvalue weighted by molar-refractivity contribution is -0.139. The number of alkyl halides is 2. The zero-order chi connectivity index (χ0) is 14.9. The molecule has 1 unspecified atom stereocenters. The lowest BCUT2D eigenvalue weighted by Gasteiger charge is -2.21. The number of fused-ring (bicyclic) bond motifs is 1. The van der Waals surface area contributed by atoms with Gasteiger partial charge in [-0.05, 0) is 17.2 Å². The van der Waals surface area contributed by atoms with E-state index in [4.69, 9.17) is 5.11 Å². The molecule has 7 heteroatoms. The van der Waals surface area contributed by atoms with Crippen molar-refractivity contribution in [3.63, 3.8) is 0 Å². The summed E-state index contributed by atoms with van der Waals surface area (Å²) < 4.78 is 28.6. The number of carbonyl (C=O) groups excluding carboxylic acids is 1. The maximum absolute atomic E-state index is 14.0. The van der Waals surface area contributed by atoms with Crippen molar-refractivity contribution < 1.29 is 23.5 Å². The highest BCUT2D eigenvalue weighted by Crippen LogP contribution is 2.45. The third-order valence-corrected chi connectivity index (χ3v) is 3.92. The molecule has 0 bridgehead atoms. The van der Waals surface area contributed by atoms with Crippen molar-refractivity contribution in [2.45, 2.75) is 31.2 Å². The van der Waals surface area contributed by atoms with Gasteiger partial charge < -0.3 is 10.4 Å². The first-order chi connectivity index (χ1) is 9.31. The highest BCUT2D eigenvalue weighted by atomic mass is 79.9. The van der Waals surface area contributed by atoms with E-state index in [1.807, 2.05) is 0 Å². The Morgan fingerprint density at radius 1 is 1.40 bits per heavy atom. The van der Waals surface area contributed by atoms with Crippen molar-refractivity contribution in [2.75, 3.05) is 0 Å². The minimum absolute atomic E-state index is 0.314. The Kier molecular flexibility index (Phi) is 4.08. The fourth-order valence-corrected chi connectivity index (χ4v) is 2.76. The van der Waals surface area contributed by atoms with Crippen LogP contribution >= 0.6 is 15.9 Å². The van der Waals surface area contributed by atoms with E-state index in [2.05, 4.69) is 21.2 Å². The van der Waals surface area contributed by atoms with Crippen LogP contribution in [0.15, 0.2) is 22.7 Å². The maximum Gasteiger partial charge on any atom is 0.303 e. The van der Waals surface area contributed by atoms with Crippen LogP contribution in [0.3, 0.4) is 0 Å². The summed E-state index contributed by atoms with van der Waals surface area (Å²) in [6.45, 7) is 0. The van der Waals surface area contributed by atoms with Crippen molar-refractivity contribution in [3.8, 4) is 0 Å². The second kappa shape index (κ2) is 5.47. The molecule has 1 aliphatic rings. The number of halogens is 3. The molecule has 1 aromatic carbocycles. The summed E-state index contributed by atoms with van der Waals surface area (Å²) >= 11 is 3.22. The molecular weight excluding hydrogens is 336 g/mol. The number of hydrogen-bond donors (Lipinski definition) is 2. The van der Waals surface area contributed by atoms with Gasteiger partial charge in [0, 0.05) is 17.3 Å². The molecule has 0 fully saturated rings. The van der Waals surface area contributed by atoms with E-state index in [0.717, 1.165) is 0 Å².